The second-order valence-corrected chi connectivity index (χ2v) is 6.43. The van der Waals surface area contributed by atoms with Crippen LogP contribution in [0, 0.1) is 0 Å². The Morgan fingerprint density at radius 2 is 1.75 bits per heavy atom. The van der Waals surface area contributed by atoms with Gasteiger partial charge in [0, 0.05) is 17.6 Å². The van der Waals surface area contributed by atoms with Crippen molar-refractivity contribution in [1.82, 2.24) is 10.2 Å². The van der Waals surface area contributed by atoms with E-state index in [2.05, 4.69) is 24.3 Å². The molecule has 0 aliphatic heterocycles. The fourth-order valence-corrected chi connectivity index (χ4v) is 3.32. The molecule has 136 valence electrons. The molecule has 1 aliphatic carbocycles. The number of carbonyl (C=O) groups is 1. The fourth-order valence-electron chi connectivity index (χ4n) is 3.32. The largest absolute Gasteiger partial charge is 0.493 e. The quantitative estimate of drug-likeness (QED) is 0.850. The first-order valence-corrected chi connectivity index (χ1v) is 8.20. The second-order valence-electron chi connectivity index (χ2n) is 6.43. The van der Waals surface area contributed by atoms with Crippen LogP contribution in [0.1, 0.15) is 42.5 Å². The van der Waals surface area contributed by atoms with E-state index < -0.39 is 0 Å². The highest BCUT2D eigenvalue weighted by molar-refractivity contribution is 5.94. The molecule has 0 aromatic heterocycles. The standard InChI is InChI=1S/C18H28N2O3.ClH/c1-20(2)18(10-6-5-7-11-18)13-19-17(21)14-8-9-15(22-3)16(12-14)23-4;/h8-9,12H,5-7,10-11,13H2,1-4H3,(H,19,21);1H. The predicted octanol–water partition coefficient (Wildman–Crippen LogP) is 3.12. The molecule has 0 spiro atoms. The molecule has 2 rings (SSSR count). The Hall–Kier alpha value is -1.46. The maximum atomic E-state index is 12.5. The molecule has 1 saturated carbocycles. The number of hydrogen-bond donors (Lipinski definition) is 1. The van der Waals surface area contributed by atoms with Crippen LogP contribution in [-0.2, 0) is 0 Å². The second kappa shape index (κ2) is 9.14. The molecular weight excluding hydrogens is 328 g/mol. The van der Waals surface area contributed by atoms with Gasteiger partial charge >= 0.3 is 0 Å². The number of amides is 1. The summed E-state index contributed by atoms with van der Waals surface area (Å²) in [5, 5.41) is 3.10. The number of nitrogens with one attached hydrogen (secondary N) is 1. The van der Waals surface area contributed by atoms with Gasteiger partial charge in [0.1, 0.15) is 0 Å². The number of carbonyl (C=O) groups excluding carboxylic acids is 1. The molecule has 0 saturated heterocycles. The maximum absolute atomic E-state index is 12.5. The summed E-state index contributed by atoms with van der Waals surface area (Å²) < 4.78 is 10.5. The van der Waals surface area contributed by atoms with Crippen molar-refractivity contribution in [3.63, 3.8) is 0 Å². The number of ether oxygens (including phenoxy) is 2. The smallest absolute Gasteiger partial charge is 0.251 e. The van der Waals surface area contributed by atoms with E-state index in [1.54, 1.807) is 32.4 Å². The van der Waals surface area contributed by atoms with Crippen LogP contribution in [0.4, 0.5) is 0 Å². The van der Waals surface area contributed by atoms with Gasteiger partial charge in [-0.2, -0.15) is 0 Å². The summed E-state index contributed by atoms with van der Waals surface area (Å²) in [7, 11) is 7.37. The van der Waals surface area contributed by atoms with Crippen LogP contribution in [0.3, 0.4) is 0 Å². The summed E-state index contributed by atoms with van der Waals surface area (Å²) in [5.74, 6) is 1.12. The van der Waals surface area contributed by atoms with Crippen molar-refractivity contribution in [3.8, 4) is 11.5 Å². The lowest BCUT2D eigenvalue weighted by Gasteiger charge is -2.43. The lowest BCUT2D eigenvalue weighted by atomic mass is 9.80. The third kappa shape index (κ3) is 4.54. The Morgan fingerprint density at radius 3 is 2.29 bits per heavy atom. The van der Waals surface area contributed by atoms with Crippen molar-refractivity contribution in [2.24, 2.45) is 0 Å². The van der Waals surface area contributed by atoms with Gasteiger partial charge in [0.25, 0.3) is 5.91 Å². The van der Waals surface area contributed by atoms with Crippen LogP contribution < -0.4 is 14.8 Å². The van der Waals surface area contributed by atoms with E-state index in [0.29, 0.717) is 23.6 Å². The highest BCUT2D eigenvalue weighted by Gasteiger charge is 2.34. The van der Waals surface area contributed by atoms with Gasteiger partial charge in [-0.05, 0) is 45.1 Å². The van der Waals surface area contributed by atoms with E-state index in [1.165, 1.54) is 19.3 Å². The van der Waals surface area contributed by atoms with Crippen LogP contribution in [0.25, 0.3) is 0 Å². The van der Waals surface area contributed by atoms with Gasteiger partial charge in [0.15, 0.2) is 11.5 Å². The number of nitrogens with zero attached hydrogens (tertiary/aromatic N) is 1. The molecule has 0 bridgehead atoms. The molecule has 0 unspecified atom stereocenters. The molecule has 1 fully saturated rings. The number of hydrogen-bond acceptors (Lipinski definition) is 4. The van der Waals surface area contributed by atoms with Crippen molar-refractivity contribution < 1.29 is 14.3 Å². The third-order valence-electron chi connectivity index (χ3n) is 4.96. The van der Waals surface area contributed by atoms with Crippen LogP contribution >= 0.6 is 12.4 Å². The van der Waals surface area contributed by atoms with Crippen molar-refractivity contribution in [1.29, 1.82) is 0 Å². The zero-order valence-corrected chi connectivity index (χ0v) is 15.9. The Kier molecular flexibility index (Phi) is 7.84. The number of rotatable bonds is 6. The van der Waals surface area contributed by atoms with E-state index in [0.717, 1.165) is 12.8 Å². The average molecular weight is 357 g/mol. The first-order valence-electron chi connectivity index (χ1n) is 8.20. The van der Waals surface area contributed by atoms with Gasteiger partial charge in [-0.1, -0.05) is 19.3 Å². The summed E-state index contributed by atoms with van der Waals surface area (Å²) >= 11 is 0. The average Bonchev–Trinajstić information content (AvgIpc) is 2.59. The fraction of sp³-hybridized carbons (Fsp3) is 0.611. The van der Waals surface area contributed by atoms with Gasteiger partial charge in [0.2, 0.25) is 0 Å². The summed E-state index contributed by atoms with van der Waals surface area (Å²) in [6, 6.07) is 5.24. The maximum Gasteiger partial charge on any atom is 0.251 e. The van der Waals surface area contributed by atoms with Crippen molar-refractivity contribution in [2.45, 2.75) is 37.6 Å². The van der Waals surface area contributed by atoms with E-state index in [-0.39, 0.29) is 23.9 Å². The molecule has 1 aromatic carbocycles. The van der Waals surface area contributed by atoms with Crippen LogP contribution in [0.15, 0.2) is 18.2 Å². The highest BCUT2D eigenvalue weighted by Crippen LogP contribution is 2.32. The monoisotopic (exact) mass is 356 g/mol. The zero-order valence-electron chi connectivity index (χ0n) is 15.1. The number of likely N-dealkylation sites (N-methyl/N-ethyl adjacent to an activating group) is 1. The lowest BCUT2D eigenvalue weighted by molar-refractivity contribution is 0.0799. The van der Waals surface area contributed by atoms with Gasteiger partial charge in [-0.15, -0.1) is 12.4 Å². The SMILES string of the molecule is COc1ccc(C(=O)NCC2(N(C)C)CCCCC2)cc1OC.Cl. The Morgan fingerprint density at radius 1 is 1.12 bits per heavy atom. The molecule has 24 heavy (non-hydrogen) atoms. The molecular formula is C18H29ClN2O3. The molecule has 1 aliphatic rings. The highest BCUT2D eigenvalue weighted by atomic mass is 35.5. The Bertz CT molecular complexity index is 543. The molecule has 0 heterocycles. The van der Waals surface area contributed by atoms with Gasteiger partial charge < -0.3 is 19.7 Å². The molecule has 1 amide bonds. The molecule has 5 nitrogen and oxygen atoms in total. The van der Waals surface area contributed by atoms with Crippen LogP contribution in [-0.4, -0.2) is 51.2 Å². The minimum Gasteiger partial charge on any atom is -0.493 e. The molecule has 0 atom stereocenters. The third-order valence-corrected chi connectivity index (χ3v) is 4.96. The molecule has 1 aromatic rings. The Labute approximate surface area is 151 Å². The minimum absolute atomic E-state index is 0. The van der Waals surface area contributed by atoms with E-state index in [1.807, 2.05) is 0 Å². The van der Waals surface area contributed by atoms with Crippen molar-refractivity contribution >= 4 is 18.3 Å². The summed E-state index contributed by atoms with van der Waals surface area (Å²) in [6.45, 7) is 0.674. The lowest BCUT2D eigenvalue weighted by Crippen LogP contribution is -2.53. The normalized spacial score (nSPS) is 16.2. The van der Waals surface area contributed by atoms with E-state index >= 15 is 0 Å². The first kappa shape index (κ1) is 20.6. The van der Waals surface area contributed by atoms with Crippen molar-refractivity contribution in [3.05, 3.63) is 23.8 Å². The number of methoxy groups -OCH3 is 2. The number of halogens is 1. The van der Waals surface area contributed by atoms with Crippen molar-refractivity contribution in [2.75, 3.05) is 34.9 Å². The first-order chi connectivity index (χ1) is 11.0. The Balaban J connectivity index is 0.00000288. The van der Waals surface area contributed by atoms with Gasteiger partial charge in [0.05, 0.1) is 14.2 Å². The zero-order chi connectivity index (χ0) is 16.9. The molecule has 6 heteroatoms. The van der Waals surface area contributed by atoms with Gasteiger partial charge in [-0.25, -0.2) is 0 Å². The molecule has 1 N–H and O–H groups in total. The topological polar surface area (TPSA) is 50.8 Å². The summed E-state index contributed by atoms with van der Waals surface area (Å²) in [4.78, 5) is 14.8. The van der Waals surface area contributed by atoms with E-state index in [9.17, 15) is 4.79 Å². The number of benzene rings is 1. The van der Waals surface area contributed by atoms with Gasteiger partial charge in [-0.3, -0.25) is 4.79 Å². The molecule has 0 radical (unpaired) electrons. The van der Waals surface area contributed by atoms with E-state index in [4.69, 9.17) is 9.47 Å². The van der Waals surface area contributed by atoms with Crippen LogP contribution in [0.5, 0.6) is 11.5 Å². The summed E-state index contributed by atoms with van der Waals surface area (Å²) in [6.07, 6.45) is 6.01. The minimum atomic E-state index is -0.0715. The summed E-state index contributed by atoms with van der Waals surface area (Å²) in [5.41, 5.74) is 0.664. The predicted molar refractivity (Wildman–Crippen MR) is 98.6 cm³/mol. The van der Waals surface area contributed by atoms with Crippen LogP contribution in [0.2, 0.25) is 0 Å².